The van der Waals surface area contributed by atoms with Gasteiger partial charge in [0.2, 0.25) is 87.3 Å². The number of rotatable bonds is 7. The third kappa shape index (κ3) is 6.73. The molecule has 4 aromatic rings. The Balaban J connectivity index is 0.000000598. The van der Waals surface area contributed by atoms with Gasteiger partial charge in [0.1, 0.15) is 0 Å². The van der Waals surface area contributed by atoms with E-state index in [0.29, 0.717) is 5.92 Å². The van der Waals surface area contributed by atoms with E-state index in [4.69, 9.17) is 0 Å². The van der Waals surface area contributed by atoms with Crippen LogP contribution in [0.2, 0.25) is 0 Å². The molecule has 0 fully saturated rings. The van der Waals surface area contributed by atoms with Crippen LogP contribution in [0.5, 0.6) is 17.2 Å². The van der Waals surface area contributed by atoms with Crippen LogP contribution in [0.1, 0.15) is 25.5 Å². The highest BCUT2D eigenvalue weighted by atomic mass is 19.2. The molecule has 0 unspecified atom stereocenters. The maximum atomic E-state index is 13.9. The molecule has 0 aliphatic carbocycles. The van der Waals surface area contributed by atoms with Gasteiger partial charge in [0.15, 0.2) is 17.2 Å². The summed E-state index contributed by atoms with van der Waals surface area (Å²) in [7, 11) is -3.75. The van der Waals surface area contributed by atoms with Gasteiger partial charge in [-0.1, -0.05) is 13.8 Å². The summed E-state index contributed by atoms with van der Waals surface area (Å²) < 4.78 is 216. The van der Waals surface area contributed by atoms with Gasteiger partial charge in [0, 0.05) is 11.9 Å². The third-order valence-electron chi connectivity index (χ3n) is 5.39. The second-order valence-electron chi connectivity index (χ2n) is 8.62. The molecule has 1 aromatic heterocycles. The number of aromatic amines is 1. The molecule has 0 atom stereocenters. The molecular weight excluding hydrogens is 658 g/mol. The summed E-state index contributed by atoms with van der Waals surface area (Å²) in [4.78, 5) is 3.14. The van der Waals surface area contributed by atoms with Gasteiger partial charge in [0.25, 0.3) is 0 Å². The molecule has 0 radical (unpaired) electrons. The zero-order valence-corrected chi connectivity index (χ0v) is 21.8. The van der Waals surface area contributed by atoms with E-state index < -0.39 is 112 Å². The van der Waals surface area contributed by atoms with Gasteiger partial charge in [-0.25, -0.2) is 39.5 Å². The van der Waals surface area contributed by atoms with Crippen molar-refractivity contribution < 1.29 is 79.8 Å². The highest BCUT2D eigenvalue weighted by Crippen LogP contribution is 2.35. The lowest BCUT2D eigenvalue weighted by molar-refractivity contribution is 0.247. The summed E-state index contributed by atoms with van der Waals surface area (Å²) in [6, 6.07) is 4.12. The average Bonchev–Trinajstić information content (AvgIpc) is 3.57. The van der Waals surface area contributed by atoms with Crippen LogP contribution in [0.4, 0.5) is 65.9 Å². The molecule has 0 saturated carbocycles. The Morgan fingerprint density at radius 2 is 0.689 bits per heavy atom. The topological polar surface area (TPSA) is 43.5 Å². The standard InChI is InChI=1S/C18BF15O3.C7H11N/c20-1-4(23)10(29)16(11(30)5(1)24)35-19(36-17-12(31)6(25)2(21)7(26)13(17)32)37-18-14(33)8(27)3(22)9(28)15(18)34;1-6(2)7-4-3-5-8-7/h;3-6,8H,1-2H3. The van der Waals surface area contributed by atoms with Crippen molar-refractivity contribution in [3.63, 3.8) is 0 Å². The van der Waals surface area contributed by atoms with Crippen LogP contribution >= 0.6 is 0 Å². The molecule has 4 rings (SSSR count). The van der Waals surface area contributed by atoms with Crippen molar-refractivity contribution in [2.24, 2.45) is 0 Å². The minimum Gasteiger partial charge on any atom is -0.484 e. The van der Waals surface area contributed by atoms with Crippen LogP contribution in [0.15, 0.2) is 18.3 Å². The first-order chi connectivity index (χ1) is 20.9. The lowest BCUT2D eigenvalue weighted by Gasteiger charge is -2.19. The second-order valence-corrected chi connectivity index (χ2v) is 8.62. The van der Waals surface area contributed by atoms with Crippen molar-refractivity contribution in [1.82, 2.24) is 4.98 Å². The lowest BCUT2D eigenvalue weighted by Crippen LogP contribution is -2.39. The predicted octanol–water partition coefficient (Wildman–Crippen LogP) is 8.43. The van der Waals surface area contributed by atoms with E-state index in [1.165, 1.54) is 5.69 Å². The molecule has 4 nitrogen and oxygen atoms in total. The normalized spacial score (nSPS) is 11.0. The quantitative estimate of drug-likeness (QED) is 0.0931. The first kappa shape index (κ1) is 34.8. The Morgan fingerprint density at radius 3 is 0.867 bits per heavy atom. The number of nitrogens with one attached hydrogen (secondary N) is 1. The Bertz CT molecular complexity index is 1480. The maximum Gasteiger partial charge on any atom is 0.864 e. The largest absolute Gasteiger partial charge is 0.864 e. The summed E-state index contributed by atoms with van der Waals surface area (Å²) in [5, 5.41) is 0. The smallest absolute Gasteiger partial charge is 0.484 e. The summed E-state index contributed by atoms with van der Waals surface area (Å²) in [5.41, 5.74) is 1.31. The molecule has 1 N–H and O–H groups in total. The Kier molecular flexibility index (Phi) is 10.5. The van der Waals surface area contributed by atoms with Gasteiger partial charge in [-0.2, -0.15) is 26.3 Å². The van der Waals surface area contributed by atoms with Crippen molar-refractivity contribution in [2.45, 2.75) is 19.8 Å². The summed E-state index contributed by atoms with van der Waals surface area (Å²) >= 11 is 0. The molecule has 20 heteroatoms. The van der Waals surface area contributed by atoms with E-state index >= 15 is 0 Å². The molecule has 3 aromatic carbocycles. The first-order valence-electron chi connectivity index (χ1n) is 11.6. The number of halogens is 15. The van der Waals surface area contributed by atoms with Gasteiger partial charge < -0.3 is 18.9 Å². The lowest BCUT2D eigenvalue weighted by atomic mass is 10.1. The molecule has 0 aliphatic rings. The van der Waals surface area contributed by atoms with E-state index in [9.17, 15) is 65.9 Å². The molecule has 0 amide bonds. The van der Waals surface area contributed by atoms with Crippen molar-refractivity contribution in [3.05, 3.63) is 111 Å². The predicted molar refractivity (Wildman–Crippen MR) is 121 cm³/mol. The van der Waals surface area contributed by atoms with Crippen molar-refractivity contribution in [1.29, 1.82) is 0 Å². The summed E-state index contributed by atoms with van der Waals surface area (Å²) in [6.45, 7) is 4.34. The van der Waals surface area contributed by atoms with Gasteiger partial charge >= 0.3 is 7.32 Å². The number of hydrogen-bond donors (Lipinski definition) is 1. The second kappa shape index (κ2) is 13.6. The molecule has 0 aliphatic heterocycles. The summed E-state index contributed by atoms with van der Waals surface area (Å²) in [5.74, 6) is -49.4. The van der Waals surface area contributed by atoms with Crippen molar-refractivity contribution in [2.75, 3.05) is 0 Å². The van der Waals surface area contributed by atoms with E-state index in [2.05, 4.69) is 38.9 Å². The summed E-state index contributed by atoms with van der Waals surface area (Å²) in [6.07, 6.45) is 1.95. The Labute approximate surface area is 241 Å². The highest BCUT2D eigenvalue weighted by molar-refractivity contribution is 6.39. The number of hydrogen-bond acceptors (Lipinski definition) is 3. The van der Waals surface area contributed by atoms with Crippen LogP contribution in [-0.4, -0.2) is 12.3 Å². The minimum atomic E-state index is -3.75. The van der Waals surface area contributed by atoms with Gasteiger partial charge in [-0.05, 0) is 18.1 Å². The van der Waals surface area contributed by atoms with Crippen LogP contribution in [0, 0.1) is 87.3 Å². The zero-order chi connectivity index (χ0) is 34.1. The van der Waals surface area contributed by atoms with Crippen molar-refractivity contribution >= 4 is 7.32 Å². The van der Waals surface area contributed by atoms with E-state index in [-0.39, 0.29) is 0 Å². The Morgan fingerprint density at radius 1 is 0.444 bits per heavy atom. The van der Waals surface area contributed by atoms with Gasteiger partial charge in [0.05, 0.1) is 0 Å². The first-order valence-corrected chi connectivity index (χ1v) is 11.6. The maximum absolute atomic E-state index is 13.9. The minimum absolute atomic E-state index is 0.630. The third-order valence-corrected chi connectivity index (χ3v) is 5.39. The molecule has 242 valence electrons. The van der Waals surface area contributed by atoms with Crippen LogP contribution in [0.3, 0.4) is 0 Å². The fourth-order valence-electron chi connectivity index (χ4n) is 3.13. The molecule has 45 heavy (non-hydrogen) atoms. The average molecular weight is 669 g/mol. The van der Waals surface area contributed by atoms with Crippen LogP contribution < -0.4 is 14.0 Å². The van der Waals surface area contributed by atoms with E-state index in [1.54, 1.807) is 0 Å². The number of benzene rings is 3. The molecule has 0 bridgehead atoms. The number of H-pyrrole nitrogens is 1. The van der Waals surface area contributed by atoms with Crippen molar-refractivity contribution in [3.8, 4) is 17.2 Å². The monoisotopic (exact) mass is 669 g/mol. The number of aromatic nitrogens is 1. The SMILES string of the molecule is CC(C)c1ccc[nH]1.Fc1c(F)c(F)c(OB(Oc2c(F)c(F)c(F)c(F)c2F)Oc2c(F)c(F)c(F)c(F)c2F)c(F)c1F. The fourth-order valence-corrected chi connectivity index (χ4v) is 3.13. The van der Waals surface area contributed by atoms with Crippen LogP contribution in [0.25, 0.3) is 0 Å². The van der Waals surface area contributed by atoms with E-state index in [1.807, 2.05) is 12.3 Å². The highest BCUT2D eigenvalue weighted by Gasteiger charge is 2.42. The fraction of sp³-hybridized carbons (Fsp3) is 0.120. The molecule has 0 spiro atoms. The van der Waals surface area contributed by atoms with Gasteiger partial charge in [-0.3, -0.25) is 0 Å². The molecular formula is C25H11BF15NO3. The van der Waals surface area contributed by atoms with Crippen LogP contribution in [-0.2, 0) is 0 Å². The van der Waals surface area contributed by atoms with Gasteiger partial charge in [-0.15, -0.1) is 0 Å². The zero-order valence-electron chi connectivity index (χ0n) is 21.8. The van der Waals surface area contributed by atoms with E-state index in [0.717, 1.165) is 0 Å². The molecule has 0 saturated heterocycles. The Hall–Kier alpha value is -4.65. The molecule has 1 heterocycles.